The van der Waals surface area contributed by atoms with Gasteiger partial charge in [0.2, 0.25) is 0 Å². The lowest BCUT2D eigenvalue weighted by Gasteiger charge is -2.50. The summed E-state index contributed by atoms with van der Waals surface area (Å²) in [5.41, 5.74) is 0. The van der Waals surface area contributed by atoms with Crippen LogP contribution in [0.25, 0.3) is 0 Å². The molecule has 0 spiro atoms. The van der Waals surface area contributed by atoms with Crippen molar-refractivity contribution in [1.82, 2.24) is 10.2 Å². The van der Waals surface area contributed by atoms with E-state index in [4.69, 9.17) is 0 Å². The summed E-state index contributed by atoms with van der Waals surface area (Å²) in [6, 6.07) is 1.85. The van der Waals surface area contributed by atoms with Gasteiger partial charge >= 0.3 is 0 Å². The second kappa shape index (κ2) is 3.82. The van der Waals surface area contributed by atoms with Crippen LogP contribution in [-0.4, -0.2) is 36.6 Å². The highest BCUT2D eigenvalue weighted by molar-refractivity contribution is 4.94. The Bertz CT molecular complexity index is 196. The van der Waals surface area contributed by atoms with Gasteiger partial charge in [-0.1, -0.05) is 12.8 Å². The molecule has 2 aliphatic heterocycles. The minimum absolute atomic E-state index is 0.890. The van der Waals surface area contributed by atoms with E-state index in [1.165, 1.54) is 58.2 Å². The number of piperidine rings is 1. The van der Waals surface area contributed by atoms with Crippen LogP contribution in [-0.2, 0) is 0 Å². The molecular formula is C12H22N2. The van der Waals surface area contributed by atoms with E-state index in [9.17, 15) is 0 Å². The molecule has 0 amide bonds. The van der Waals surface area contributed by atoms with Crippen molar-refractivity contribution in [1.29, 1.82) is 0 Å². The minimum atomic E-state index is 0.890. The van der Waals surface area contributed by atoms with Crippen LogP contribution in [0.5, 0.6) is 0 Å². The van der Waals surface area contributed by atoms with Crippen LogP contribution in [0.15, 0.2) is 0 Å². The number of rotatable bonds is 1. The summed E-state index contributed by atoms with van der Waals surface area (Å²) in [6.07, 6.45) is 8.96. The largest absolute Gasteiger partial charge is 0.314 e. The Hall–Kier alpha value is -0.0800. The van der Waals surface area contributed by atoms with Crippen LogP contribution < -0.4 is 5.32 Å². The highest BCUT2D eigenvalue weighted by atomic mass is 15.3. The van der Waals surface area contributed by atoms with E-state index in [2.05, 4.69) is 10.2 Å². The maximum absolute atomic E-state index is 3.41. The van der Waals surface area contributed by atoms with Gasteiger partial charge in [-0.25, -0.2) is 0 Å². The molecule has 2 atom stereocenters. The van der Waals surface area contributed by atoms with Gasteiger partial charge in [0.1, 0.15) is 0 Å². The van der Waals surface area contributed by atoms with Gasteiger partial charge in [0.15, 0.2) is 0 Å². The van der Waals surface area contributed by atoms with E-state index < -0.39 is 0 Å². The first-order valence-corrected chi connectivity index (χ1v) is 6.41. The molecule has 2 unspecified atom stereocenters. The van der Waals surface area contributed by atoms with Crippen molar-refractivity contribution in [3.63, 3.8) is 0 Å². The van der Waals surface area contributed by atoms with E-state index in [1.807, 2.05) is 0 Å². The second-order valence-corrected chi connectivity index (χ2v) is 5.30. The lowest BCUT2D eigenvalue weighted by Crippen LogP contribution is -2.63. The third-order valence-electron chi connectivity index (χ3n) is 4.52. The highest BCUT2D eigenvalue weighted by Gasteiger charge is 2.38. The van der Waals surface area contributed by atoms with Crippen LogP contribution in [0, 0.1) is 5.92 Å². The maximum Gasteiger partial charge on any atom is 0.0348 e. The molecule has 2 saturated heterocycles. The minimum Gasteiger partial charge on any atom is -0.314 e. The summed E-state index contributed by atoms with van der Waals surface area (Å²) in [7, 11) is 0. The first kappa shape index (κ1) is 9.17. The van der Waals surface area contributed by atoms with Crippen LogP contribution in [0.3, 0.4) is 0 Å². The quantitative estimate of drug-likeness (QED) is 0.682. The topological polar surface area (TPSA) is 15.3 Å². The van der Waals surface area contributed by atoms with Crippen molar-refractivity contribution in [2.75, 3.05) is 19.6 Å². The fourth-order valence-corrected chi connectivity index (χ4v) is 3.62. The van der Waals surface area contributed by atoms with Gasteiger partial charge in [-0.2, -0.15) is 0 Å². The SMILES string of the molecule is C1CCC2C(C1)CCCN2C1CNC1. The smallest absolute Gasteiger partial charge is 0.0348 e. The normalized spacial score (nSPS) is 40.3. The number of hydrogen-bond acceptors (Lipinski definition) is 2. The average molecular weight is 194 g/mol. The Morgan fingerprint density at radius 2 is 1.71 bits per heavy atom. The number of fused-ring (bicyclic) bond motifs is 1. The van der Waals surface area contributed by atoms with Gasteiger partial charge in [0.25, 0.3) is 0 Å². The summed E-state index contributed by atoms with van der Waals surface area (Å²) in [5.74, 6) is 1.05. The monoisotopic (exact) mass is 194 g/mol. The zero-order valence-corrected chi connectivity index (χ0v) is 9.04. The van der Waals surface area contributed by atoms with Crippen molar-refractivity contribution in [3.05, 3.63) is 0 Å². The number of likely N-dealkylation sites (tertiary alicyclic amines) is 1. The molecule has 3 aliphatic rings. The Balaban J connectivity index is 1.69. The first-order chi connectivity index (χ1) is 6.95. The average Bonchev–Trinajstić information content (AvgIpc) is 2.16. The number of hydrogen-bond donors (Lipinski definition) is 1. The third-order valence-corrected chi connectivity index (χ3v) is 4.52. The van der Waals surface area contributed by atoms with Gasteiger partial charge in [-0.15, -0.1) is 0 Å². The zero-order valence-electron chi connectivity index (χ0n) is 9.04. The van der Waals surface area contributed by atoms with Crippen LogP contribution in [0.1, 0.15) is 38.5 Å². The Morgan fingerprint density at radius 1 is 0.929 bits per heavy atom. The number of nitrogens with one attached hydrogen (secondary N) is 1. The fraction of sp³-hybridized carbons (Fsp3) is 1.00. The molecule has 1 saturated carbocycles. The molecule has 3 fully saturated rings. The fourth-order valence-electron chi connectivity index (χ4n) is 3.62. The molecule has 2 heterocycles. The summed E-state index contributed by atoms with van der Waals surface area (Å²) in [5, 5.41) is 3.41. The summed E-state index contributed by atoms with van der Waals surface area (Å²) in [6.45, 7) is 3.89. The molecule has 1 aliphatic carbocycles. The van der Waals surface area contributed by atoms with E-state index in [1.54, 1.807) is 0 Å². The van der Waals surface area contributed by atoms with E-state index in [0.717, 1.165) is 18.0 Å². The van der Waals surface area contributed by atoms with Gasteiger partial charge in [-0.05, 0) is 38.1 Å². The van der Waals surface area contributed by atoms with E-state index in [0.29, 0.717) is 0 Å². The summed E-state index contributed by atoms with van der Waals surface area (Å²) in [4.78, 5) is 2.84. The second-order valence-electron chi connectivity index (χ2n) is 5.30. The maximum atomic E-state index is 3.41. The molecule has 2 nitrogen and oxygen atoms in total. The molecule has 0 aromatic rings. The van der Waals surface area contributed by atoms with Crippen molar-refractivity contribution in [2.24, 2.45) is 5.92 Å². The predicted molar refractivity (Wildman–Crippen MR) is 58.3 cm³/mol. The van der Waals surface area contributed by atoms with Gasteiger partial charge in [-0.3, -0.25) is 4.90 Å². The molecular weight excluding hydrogens is 172 g/mol. The van der Waals surface area contributed by atoms with Gasteiger partial charge in [0, 0.05) is 25.2 Å². The molecule has 0 aromatic carbocycles. The molecule has 80 valence electrons. The van der Waals surface area contributed by atoms with E-state index in [-0.39, 0.29) is 0 Å². The van der Waals surface area contributed by atoms with Crippen molar-refractivity contribution >= 4 is 0 Å². The molecule has 14 heavy (non-hydrogen) atoms. The number of nitrogens with zero attached hydrogens (tertiary/aromatic N) is 1. The van der Waals surface area contributed by atoms with Crippen molar-refractivity contribution in [3.8, 4) is 0 Å². The Morgan fingerprint density at radius 3 is 2.50 bits per heavy atom. The predicted octanol–water partition coefficient (Wildman–Crippen LogP) is 1.61. The summed E-state index contributed by atoms with van der Waals surface area (Å²) >= 11 is 0. The lowest BCUT2D eigenvalue weighted by molar-refractivity contribution is 0.00806. The van der Waals surface area contributed by atoms with Gasteiger partial charge < -0.3 is 5.32 Å². The highest BCUT2D eigenvalue weighted by Crippen LogP contribution is 2.36. The molecule has 2 heteroatoms. The molecule has 0 bridgehead atoms. The third kappa shape index (κ3) is 1.49. The lowest BCUT2D eigenvalue weighted by atomic mass is 9.77. The molecule has 3 rings (SSSR count). The van der Waals surface area contributed by atoms with Crippen molar-refractivity contribution in [2.45, 2.75) is 50.6 Å². The van der Waals surface area contributed by atoms with Crippen molar-refractivity contribution < 1.29 is 0 Å². The first-order valence-electron chi connectivity index (χ1n) is 6.41. The Kier molecular flexibility index (Phi) is 2.50. The van der Waals surface area contributed by atoms with Crippen LogP contribution in [0.2, 0.25) is 0 Å². The van der Waals surface area contributed by atoms with E-state index >= 15 is 0 Å². The van der Waals surface area contributed by atoms with Crippen LogP contribution >= 0.6 is 0 Å². The van der Waals surface area contributed by atoms with Crippen LogP contribution in [0.4, 0.5) is 0 Å². The zero-order chi connectivity index (χ0) is 9.38. The Labute approximate surface area is 87.0 Å². The molecule has 1 N–H and O–H groups in total. The molecule has 0 radical (unpaired) electrons. The van der Waals surface area contributed by atoms with Gasteiger partial charge in [0.05, 0.1) is 0 Å². The standard InChI is InChI=1S/C12H22N2/c1-2-6-12-10(4-1)5-3-7-14(12)11-8-13-9-11/h10-13H,1-9H2. The summed E-state index contributed by atoms with van der Waals surface area (Å²) < 4.78 is 0. The molecule has 0 aromatic heterocycles.